The Hall–Kier alpha value is -2.65. The number of hydrogen-bond acceptors (Lipinski definition) is 2. The van der Waals surface area contributed by atoms with Gasteiger partial charge in [-0.25, -0.2) is 0 Å². The third kappa shape index (κ3) is 4.55. The number of nitrogens with one attached hydrogen (secondary N) is 1. The van der Waals surface area contributed by atoms with Crippen LogP contribution in [0, 0.1) is 5.92 Å². The van der Waals surface area contributed by atoms with Gasteiger partial charge in [-0.15, -0.1) is 0 Å². The molecule has 0 radical (unpaired) electrons. The van der Waals surface area contributed by atoms with Gasteiger partial charge in [0.05, 0.1) is 0 Å². The maximum atomic E-state index is 12.6. The minimum atomic E-state index is 0.0286. The van der Waals surface area contributed by atoms with Crippen LogP contribution < -0.4 is 5.32 Å². The Morgan fingerprint density at radius 1 is 0.963 bits per heavy atom. The highest BCUT2D eigenvalue weighted by Gasteiger charge is 2.20. The maximum Gasteiger partial charge on any atom is 0.251 e. The quantitative estimate of drug-likeness (QED) is 0.729. The standard InChI is InChI=1S/C24H26N2O/c27-24(23-13-12-21-10-4-5-11-22(21)15-23)25-16-20-9-6-14-26(18-20)17-19-7-2-1-3-8-19/h1-5,7-8,10-13,15,20H,6,9,14,16-18H2,(H,25,27). The van der Waals surface area contributed by atoms with Gasteiger partial charge >= 0.3 is 0 Å². The molecule has 4 rings (SSSR count). The van der Waals surface area contributed by atoms with Crippen molar-refractivity contribution in [2.45, 2.75) is 19.4 Å². The number of nitrogens with zero attached hydrogens (tertiary/aromatic N) is 1. The number of carbonyl (C=O) groups excluding carboxylic acids is 1. The summed E-state index contributed by atoms with van der Waals surface area (Å²) >= 11 is 0. The second kappa shape index (κ2) is 8.36. The second-order valence-electron chi connectivity index (χ2n) is 7.50. The molecule has 1 amide bonds. The first-order valence-corrected chi connectivity index (χ1v) is 9.81. The van der Waals surface area contributed by atoms with Crippen LogP contribution in [0.25, 0.3) is 10.8 Å². The Balaban J connectivity index is 1.32. The van der Waals surface area contributed by atoms with Crippen molar-refractivity contribution in [1.82, 2.24) is 10.2 Å². The van der Waals surface area contributed by atoms with Crippen LogP contribution in [0.2, 0.25) is 0 Å². The van der Waals surface area contributed by atoms with Crippen LogP contribution in [-0.4, -0.2) is 30.4 Å². The summed E-state index contributed by atoms with van der Waals surface area (Å²) in [5.41, 5.74) is 2.10. The van der Waals surface area contributed by atoms with Gasteiger partial charge in [-0.3, -0.25) is 9.69 Å². The Bertz CT molecular complexity index is 906. The number of likely N-dealkylation sites (tertiary alicyclic amines) is 1. The van der Waals surface area contributed by atoms with Gasteiger partial charge in [-0.05, 0) is 53.8 Å². The number of hydrogen-bond donors (Lipinski definition) is 1. The molecule has 0 saturated carbocycles. The van der Waals surface area contributed by atoms with Crippen LogP contribution in [0.3, 0.4) is 0 Å². The van der Waals surface area contributed by atoms with Crippen molar-refractivity contribution < 1.29 is 4.79 Å². The van der Waals surface area contributed by atoms with Gasteiger partial charge in [0.2, 0.25) is 0 Å². The number of fused-ring (bicyclic) bond motifs is 1. The van der Waals surface area contributed by atoms with Crippen LogP contribution >= 0.6 is 0 Å². The highest BCUT2D eigenvalue weighted by Crippen LogP contribution is 2.19. The molecule has 1 aliphatic rings. The average Bonchev–Trinajstić information content (AvgIpc) is 2.73. The third-order valence-electron chi connectivity index (χ3n) is 5.42. The zero-order valence-corrected chi connectivity index (χ0v) is 15.6. The van der Waals surface area contributed by atoms with Crippen LogP contribution in [0.4, 0.5) is 0 Å². The van der Waals surface area contributed by atoms with E-state index in [1.165, 1.54) is 18.4 Å². The molecule has 0 spiro atoms. The number of amides is 1. The van der Waals surface area contributed by atoms with Crippen LogP contribution in [-0.2, 0) is 6.54 Å². The molecule has 3 heteroatoms. The van der Waals surface area contributed by atoms with Crippen LogP contribution in [0.15, 0.2) is 72.8 Å². The Kier molecular flexibility index (Phi) is 5.50. The average molecular weight is 358 g/mol. The van der Waals surface area contributed by atoms with Crippen molar-refractivity contribution in [1.29, 1.82) is 0 Å². The summed E-state index contributed by atoms with van der Waals surface area (Å²) in [6.07, 6.45) is 2.38. The molecule has 1 heterocycles. The molecule has 3 aromatic rings. The summed E-state index contributed by atoms with van der Waals surface area (Å²) in [6, 6.07) is 24.7. The predicted octanol–water partition coefficient (Wildman–Crippen LogP) is 4.48. The van der Waals surface area contributed by atoms with Gasteiger partial charge in [-0.2, -0.15) is 0 Å². The van der Waals surface area contributed by atoms with E-state index >= 15 is 0 Å². The van der Waals surface area contributed by atoms with Gasteiger partial charge in [-0.1, -0.05) is 60.7 Å². The summed E-state index contributed by atoms with van der Waals surface area (Å²) in [7, 11) is 0. The van der Waals surface area contributed by atoms with Gasteiger partial charge < -0.3 is 5.32 Å². The number of rotatable bonds is 5. The molecule has 1 N–H and O–H groups in total. The molecule has 138 valence electrons. The minimum Gasteiger partial charge on any atom is -0.352 e. The van der Waals surface area contributed by atoms with Crippen molar-refractivity contribution in [2.75, 3.05) is 19.6 Å². The molecule has 3 aromatic carbocycles. The summed E-state index contributed by atoms with van der Waals surface area (Å²) in [4.78, 5) is 15.1. The zero-order chi connectivity index (χ0) is 18.5. The first-order chi connectivity index (χ1) is 13.3. The van der Waals surface area contributed by atoms with E-state index in [0.29, 0.717) is 5.92 Å². The smallest absolute Gasteiger partial charge is 0.251 e. The van der Waals surface area contributed by atoms with Gasteiger partial charge in [0.1, 0.15) is 0 Å². The number of piperidine rings is 1. The van der Waals surface area contributed by atoms with E-state index in [0.717, 1.165) is 42.5 Å². The van der Waals surface area contributed by atoms with E-state index in [2.05, 4.69) is 52.7 Å². The lowest BCUT2D eigenvalue weighted by Gasteiger charge is -2.32. The number of carbonyl (C=O) groups is 1. The predicted molar refractivity (Wildman–Crippen MR) is 111 cm³/mol. The SMILES string of the molecule is O=C(NCC1CCCN(Cc2ccccc2)C1)c1ccc2ccccc2c1. The van der Waals surface area contributed by atoms with E-state index in [9.17, 15) is 4.79 Å². The molecule has 1 saturated heterocycles. The van der Waals surface area contributed by atoms with E-state index in [1.807, 2.05) is 30.3 Å². The van der Waals surface area contributed by atoms with Gasteiger partial charge in [0.15, 0.2) is 0 Å². The number of benzene rings is 3. The fourth-order valence-corrected chi connectivity index (χ4v) is 3.97. The maximum absolute atomic E-state index is 12.6. The van der Waals surface area contributed by atoms with E-state index in [1.54, 1.807) is 0 Å². The first-order valence-electron chi connectivity index (χ1n) is 9.81. The van der Waals surface area contributed by atoms with E-state index in [4.69, 9.17) is 0 Å². The lowest BCUT2D eigenvalue weighted by molar-refractivity contribution is 0.0930. The lowest BCUT2D eigenvalue weighted by atomic mass is 9.97. The van der Waals surface area contributed by atoms with Gasteiger partial charge in [0.25, 0.3) is 5.91 Å². The minimum absolute atomic E-state index is 0.0286. The molecule has 1 aliphatic heterocycles. The van der Waals surface area contributed by atoms with Crippen molar-refractivity contribution in [3.8, 4) is 0 Å². The molecule has 0 aromatic heterocycles. The van der Waals surface area contributed by atoms with E-state index in [-0.39, 0.29) is 5.91 Å². The molecule has 1 fully saturated rings. The summed E-state index contributed by atoms with van der Waals surface area (Å²) < 4.78 is 0. The largest absolute Gasteiger partial charge is 0.352 e. The van der Waals surface area contributed by atoms with Crippen molar-refractivity contribution in [2.24, 2.45) is 5.92 Å². The molecule has 27 heavy (non-hydrogen) atoms. The van der Waals surface area contributed by atoms with E-state index < -0.39 is 0 Å². The molecule has 1 atom stereocenters. The summed E-state index contributed by atoms with van der Waals surface area (Å²) in [5.74, 6) is 0.549. The highest BCUT2D eigenvalue weighted by atomic mass is 16.1. The summed E-state index contributed by atoms with van der Waals surface area (Å²) in [5, 5.41) is 5.43. The summed E-state index contributed by atoms with van der Waals surface area (Å²) in [6.45, 7) is 3.93. The first kappa shape index (κ1) is 17.7. The van der Waals surface area contributed by atoms with Crippen molar-refractivity contribution in [3.05, 3.63) is 83.9 Å². The molecule has 3 nitrogen and oxygen atoms in total. The highest BCUT2D eigenvalue weighted by molar-refractivity contribution is 5.98. The Morgan fingerprint density at radius 2 is 1.74 bits per heavy atom. The lowest BCUT2D eigenvalue weighted by Crippen LogP contribution is -2.40. The normalized spacial score (nSPS) is 17.7. The molecule has 0 bridgehead atoms. The Labute approximate surface area is 161 Å². The topological polar surface area (TPSA) is 32.3 Å². The van der Waals surface area contributed by atoms with Gasteiger partial charge in [0, 0.05) is 25.2 Å². The molecular formula is C24H26N2O. The fourth-order valence-electron chi connectivity index (χ4n) is 3.97. The molecule has 1 unspecified atom stereocenters. The van der Waals surface area contributed by atoms with Crippen molar-refractivity contribution in [3.63, 3.8) is 0 Å². The van der Waals surface area contributed by atoms with Crippen LogP contribution in [0.5, 0.6) is 0 Å². The Morgan fingerprint density at radius 3 is 2.59 bits per heavy atom. The second-order valence-corrected chi connectivity index (χ2v) is 7.50. The third-order valence-corrected chi connectivity index (χ3v) is 5.42. The monoisotopic (exact) mass is 358 g/mol. The fraction of sp³-hybridized carbons (Fsp3) is 0.292. The van der Waals surface area contributed by atoms with Crippen LogP contribution in [0.1, 0.15) is 28.8 Å². The molecular weight excluding hydrogens is 332 g/mol. The zero-order valence-electron chi connectivity index (χ0n) is 15.6. The van der Waals surface area contributed by atoms with Crippen molar-refractivity contribution >= 4 is 16.7 Å². The molecule has 0 aliphatic carbocycles.